The Morgan fingerprint density at radius 1 is 1.88 bits per heavy atom. The predicted molar refractivity (Wildman–Crippen MR) is 36.1 cm³/mol. The van der Waals surface area contributed by atoms with Crippen LogP contribution in [0.2, 0.25) is 0 Å². The molecule has 0 heterocycles. The molecule has 1 aliphatic rings. The molecule has 1 fully saturated rings. The minimum Gasteiger partial charge on any atom is -0.300 e. The molecule has 1 rings (SSSR count). The van der Waals surface area contributed by atoms with E-state index in [1.54, 1.807) is 6.92 Å². The smallest absolute Gasteiger partial charge is 0.133 e. The Kier molecular flexibility index (Phi) is 1.71. The molecule has 0 saturated heterocycles. The number of alkyl halides is 1. The number of rotatable bonds is 2. The summed E-state index contributed by atoms with van der Waals surface area (Å²) in [6.07, 6.45) is 1.11. The molecule has 0 aromatic heterocycles. The van der Waals surface area contributed by atoms with Crippen LogP contribution in [0.1, 0.15) is 13.3 Å². The van der Waals surface area contributed by atoms with Gasteiger partial charge in [0.25, 0.3) is 0 Å². The summed E-state index contributed by atoms with van der Waals surface area (Å²) in [5.41, 5.74) is 0. The summed E-state index contributed by atoms with van der Waals surface area (Å²) < 4.78 is 0. The largest absolute Gasteiger partial charge is 0.300 e. The van der Waals surface area contributed by atoms with Gasteiger partial charge in [-0.3, -0.25) is 4.79 Å². The lowest BCUT2D eigenvalue weighted by molar-refractivity contribution is -0.118. The molecule has 0 bridgehead atoms. The summed E-state index contributed by atoms with van der Waals surface area (Å²) in [5, 5.41) is 0.997. The van der Waals surface area contributed by atoms with Gasteiger partial charge in [0.15, 0.2) is 0 Å². The maximum absolute atomic E-state index is 10.6. The van der Waals surface area contributed by atoms with Crippen LogP contribution in [0.5, 0.6) is 0 Å². The number of carbonyl (C=O) groups is 1. The van der Waals surface area contributed by atoms with E-state index in [9.17, 15) is 4.79 Å². The van der Waals surface area contributed by atoms with E-state index in [1.807, 2.05) is 0 Å². The molecular weight excluding hydrogens is 168 g/mol. The molecule has 2 atom stereocenters. The Hall–Kier alpha value is 0.150. The minimum absolute atomic E-state index is 0.356. The Morgan fingerprint density at radius 2 is 2.50 bits per heavy atom. The fraction of sp³-hybridized carbons (Fsp3) is 0.833. The van der Waals surface area contributed by atoms with E-state index in [0.717, 1.165) is 11.8 Å². The van der Waals surface area contributed by atoms with Crippen molar-refractivity contribution in [3.05, 3.63) is 0 Å². The van der Waals surface area contributed by atoms with E-state index in [1.165, 1.54) is 0 Å². The second kappa shape index (κ2) is 2.18. The first-order valence-corrected chi connectivity index (χ1v) is 3.94. The van der Waals surface area contributed by atoms with E-state index in [2.05, 4.69) is 15.9 Å². The van der Waals surface area contributed by atoms with Crippen LogP contribution >= 0.6 is 15.9 Å². The molecule has 0 spiro atoms. The lowest BCUT2D eigenvalue weighted by Gasteiger charge is -1.84. The average Bonchev–Trinajstić information content (AvgIpc) is 2.42. The van der Waals surface area contributed by atoms with Crippen LogP contribution in [0.4, 0.5) is 0 Å². The molecule has 1 nitrogen and oxygen atoms in total. The first-order chi connectivity index (χ1) is 3.75. The van der Waals surface area contributed by atoms with Crippen molar-refractivity contribution in [2.75, 3.05) is 5.33 Å². The van der Waals surface area contributed by atoms with Gasteiger partial charge in [0, 0.05) is 11.2 Å². The van der Waals surface area contributed by atoms with Crippen molar-refractivity contribution in [2.45, 2.75) is 13.3 Å². The molecule has 8 heavy (non-hydrogen) atoms. The summed E-state index contributed by atoms with van der Waals surface area (Å²) in [6, 6.07) is 0. The molecule has 1 saturated carbocycles. The highest BCUT2D eigenvalue weighted by molar-refractivity contribution is 9.09. The average molecular weight is 177 g/mol. The van der Waals surface area contributed by atoms with Crippen LogP contribution in [0.15, 0.2) is 0 Å². The van der Waals surface area contributed by atoms with Gasteiger partial charge in [-0.1, -0.05) is 15.9 Å². The van der Waals surface area contributed by atoms with Crippen LogP contribution in [-0.4, -0.2) is 11.1 Å². The van der Waals surface area contributed by atoms with E-state index < -0.39 is 0 Å². The molecule has 0 radical (unpaired) electrons. The summed E-state index contributed by atoms with van der Waals surface area (Å²) in [4.78, 5) is 10.6. The second-order valence-corrected chi connectivity index (χ2v) is 3.01. The summed E-state index contributed by atoms with van der Waals surface area (Å²) >= 11 is 3.33. The number of halogens is 1. The minimum atomic E-state index is 0.356. The van der Waals surface area contributed by atoms with Crippen LogP contribution in [0.25, 0.3) is 0 Å². The number of hydrogen-bond donors (Lipinski definition) is 0. The van der Waals surface area contributed by atoms with Crippen molar-refractivity contribution in [1.29, 1.82) is 0 Å². The lowest BCUT2D eigenvalue weighted by atomic mass is 10.2. The van der Waals surface area contributed by atoms with E-state index in [-0.39, 0.29) is 0 Å². The Morgan fingerprint density at radius 3 is 2.62 bits per heavy atom. The van der Waals surface area contributed by atoms with E-state index in [4.69, 9.17) is 0 Å². The van der Waals surface area contributed by atoms with Gasteiger partial charge < -0.3 is 0 Å². The van der Waals surface area contributed by atoms with Crippen molar-refractivity contribution in [3.63, 3.8) is 0 Å². The third kappa shape index (κ3) is 1.10. The van der Waals surface area contributed by atoms with Crippen molar-refractivity contribution in [1.82, 2.24) is 0 Å². The molecule has 1 aliphatic carbocycles. The highest BCUT2D eigenvalue weighted by Gasteiger charge is 2.39. The molecule has 2 heteroatoms. The van der Waals surface area contributed by atoms with Crippen LogP contribution in [0, 0.1) is 11.8 Å². The summed E-state index contributed by atoms with van der Waals surface area (Å²) in [5.74, 6) is 1.41. The summed E-state index contributed by atoms with van der Waals surface area (Å²) in [7, 11) is 0. The standard InChI is InChI=1S/C6H9BrO/c1-4(8)6-2-5(6)3-7/h5-6H,2-3H2,1H3/t5-,6-/m0/s1. The molecule has 0 aromatic carbocycles. The van der Waals surface area contributed by atoms with E-state index >= 15 is 0 Å². The zero-order valence-electron chi connectivity index (χ0n) is 4.86. The topological polar surface area (TPSA) is 17.1 Å². The maximum atomic E-state index is 10.6. The van der Waals surface area contributed by atoms with Crippen molar-refractivity contribution >= 4 is 21.7 Å². The number of ketones is 1. The van der Waals surface area contributed by atoms with Gasteiger partial charge in [0.1, 0.15) is 5.78 Å². The third-order valence-corrected chi connectivity index (χ3v) is 2.47. The SMILES string of the molecule is CC(=O)[C@@H]1C[C@H]1CBr. The van der Waals surface area contributed by atoms with Gasteiger partial charge >= 0.3 is 0 Å². The fourth-order valence-electron chi connectivity index (χ4n) is 0.916. The first-order valence-electron chi connectivity index (χ1n) is 2.82. The normalized spacial score (nSPS) is 34.8. The fourth-order valence-corrected chi connectivity index (χ4v) is 1.63. The zero-order valence-corrected chi connectivity index (χ0v) is 6.44. The van der Waals surface area contributed by atoms with Crippen LogP contribution < -0.4 is 0 Å². The predicted octanol–water partition coefficient (Wildman–Crippen LogP) is 1.61. The van der Waals surface area contributed by atoms with Gasteiger partial charge in [0.2, 0.25) is 0 Å². The van der Waals surface area contributed by atoms with Gasteiger partial charge in [-0.15, -0.1) is 0 Å². The van der Waals surface area contributed by atoms with Crippen molar-refractivity contribution in [2.24, 2.45) is 11.8 Å². The number of hydrogen-bond acceptors (Lipinski definition) is 1. The van der Waals surface area contributed by atoms with Gasteiger partial charge in [0.05, 0.1) is 0 Å². The summed E-state index contributed by atoms with van der Waals surface area (Å²) in [6.45, 7) is 1.67. The lowest BCUT2D eigenvalue weighted by Crippen LogP contribution is -1.94. The molecule has 46 valence electrons. The molecular formula is C6H9BrO. The number of Topliss-reactive ketones (excluding diaryl/α,β-unsaturated/α-hetero) is 1. The Balaban J connectivity index is 2.26. The third-order valence-electron chi connectivity index (χ3n) is 1.64. The van der Waals surface area contributed by atoms with Crippen LogP contribution in [0.3, 0.4) is 0 Å². The highest BCUT2D eigenvalue weighted by Crippen LogP contribution is 2.40. The van der Waals surface area contributed by atoms with Gasteiger partial charge in [-0.2, -0.15) is 0 Å². The van der Waals surface area contributed by atoms with Crippen molar-refractivity contribution < 1.29 is 4.79 Å². The highest BCUT2D eigenvalue weighted by atomic mass is 79.9. The molecule has 0 amide bonds. The van der Waals surface area contributed by atoms with E-state index in [0.29, 0.717) is 17.6 Å². The second-order valence-electron chi connectivity index (χ2n) is 2.37. The maximum Gasteiger partial charge on any atom is 0.133 e. The molecule has 0 aromatic rings. The van der Waals surface area contributed by atoms with Crippen molar-refractivity contribution in [3.8, 4) is 0 Å². The van der Waals surface area contributed by atoms with Gasteiger partial charge in [-0.25, -0.2) is 0 Å². The Bertz CT molecular complexity index is 111. The molecule has 0 unspecified atom stereocenters. The number of carbonyl (C=O) groups excluding carboxylic acids is 1. The molecule has 0 N–H and O–H groups in total. The van der Waals surface area contributed by atoms with Gasteiger partial charge in [-0.05, 0) is 19.3 Å². The first kappa shape index (κ1) is 6.27. The van der Waals surface area contributed by atoms with Crippen LogP contribution in [-0.2, 0) is 4.79 Å². The monoisotopic (exact) mass is 176 g/mol. The Labute approximate surface area is 57.6 Å². The molecule has 0 aliphatic heterocycles. The quantitative estimate of drug-likeness (QED) is 0.585. The zero-order chi connectivity index (χ0) is 6.15.